The number of methoxy groups -OCH3 is 1. The predicted molar refractivity (Wildman–Crippen MR) is 138 cm³/mol. The van der Waals surface area contributed by atoms with E-state index in [0.717, 1.165) is 19.3 Å². The normalized spacial score (nSPS) is 58.6. The van der Waals surface area contributed by atoms with Gasteiger partial charge in [0.15, 0.2) is 0 Å². The molecule has 0 heterocycles. The molecular formula is C31H52O3. The second kappa shape index (κ2) is 7.57. The highest BCUT2D eigenvalue weighted by molar-refractivity contribution is 5.26. The van der Waals surface area contributed by atoms with Gasteiger partial charge in [0.25, 0.3) is 0 Å². The van der Waals surface area contributed by atoms with Crippen molar-refractivity contribution in [3.05, 3.63) is 11.6 Å². The van der Waals surface area contributed by atoms with Gasteiger partial charge >= 0.3 is 0 Å². The van der Waals surface area contributed by atoms with Crippen molar-refractivity contribution in [2.75, 3.05) is 7.11 Å². The van der Waals surface area contributed by atoms with Crippen LogP contribution in [0.25, 0.3) is 0 Å². The van der Waals surface area contributed by atoms with Crippen molar-refractivity contribution in [2.45, 2.75) is 119 Å². The topological polar surface area (TPSA) is 49.7 Å². The number of allylic oxidation sites excluding steroid dienone is 1. The Morgan fingerprint density at radius 3 is 2.18 bits per heavy atom. The Morgan fingerprint density at radius 2 is 1.53 bits per heavy atom. The predicted octanol–water partition coefficient (Wildman–Crippen LogP) is 6.62. The second-order valence-corrected chi connectivity index (χ2v) is 15.0. The van der Waals surface area contributed by atoms with Crippen LogP contribution in [-0.4, -0.2) is 35.6 Å². The minimum absolute atomic E-state index is 0.00679. The Kier molecular flexibility index (Phi) is 5.63. The summed E-state index contributed by atoms with van der Waals surface area (Å²) < 4.78 is 6.06. The monoisotopic (exact) mass is 472 g/mol. The minimum Gasteiger partial charge on any atom is -0.393 e. The summed E-state index contributed by atoms with van der Waals surface area (Å²) in [5.41, 5.74) is 1.83. The number of hydrogen-bond donors (Lipinski definition) is 2. The van der Waals surface area contributed by atoms with Crippen LogP contribution in [0.4, 0.5) is 0 Å². The van der Waals surface area contributed by atoms with Gasteiger partial charge in [-0.3, -0.25) is 0 Å². The number of ether oxygens (including phenoxy) is 1. The summed E-state index contributed by atoms with van der Waals surface area (Å²) in [4.78, 5) is 0. The molecule has 0 radical (unpaired) electrons. The molecule has 3 nitrogen and oxygen atoms in total. The Morgan fingerprint density at radius 1 is 0.853 bits per heavy atom. The van der Waals surface area contributed by atoms with E-state index in [0.29, 0.717) is 29.6 Å². The molecule has 5 aliphatic rings. The molecule has 0 aromatic heterocycles. The van der Waals surface area contributed by atoms with Crippen LogP contribution in [0.2, 0.25) is 0 Å². The fraction of sp³-hybridized carbons (Fsp3) is 0.935. The third kappa shape index (κ3) is 2.82. The molecule has 0 unspecified atom stereocenters. The lowest BCUT2D eigenvalue weighted by Crippen LogP contribution is -2.70. The standard InChI is InChI=1S/C31H52O3/c1-18-16-25(34-9)31(8)24(33)17-30(7)20(26(31)19(18)2)10-11-22-28(5)14-13-23(32)27(3,4)21(28)12-15-29(22,30)6/h16,19-26,32-33H,10-15,17H2,1-9H3/t19-,20-,21+,22-,23+,24+,25+,26-,28+,29-,30-,31+/m1/s1. The van der Waals surface area contributed by atoms with E-state index in [1.807, 2.05) is 7.11 Å². The van der Waals surface area contributed by atoms with E-state index in [-0.39, 0.29) is 45.4 Å². The Balaban J connectivity index is 1.59. The van der Waals surface area contributed by atoms with Crippen molar-refractivity contribution in [3.63, 3.8) is 0 Å². The van der Waals surface area contributed by atoms with Gasteiger partial charge in [-0.15, -0.1) is 0 Å². The van der Waals surface area contributed by atoms with Gasteiger partial charge in [-0.1, -0.05) is 60.1 Å². The first kappa shape index (κ1) is 25.3. The highest BCUT2D eigenvalue weighted by Crippen LogP contribution is 2.76. The van der Waals surface area contributed by atoms with E-state index >= 15 is 0 Å². The molecule has 4 fully saturated rings. The first-order valence-corrected chi connectivity index (χ1v) is 14.3. The third-order valence-electron chi connectivity index (χ3n) is 13.9. The molecule has 2 N–H and O–H groups in total. The lowest BCUT2D eigenvalue weighted by atomic mass is 9.31. The number of aliphatic hydroxyl groups is 2. The molecule has 0 aromatic carbocycles. The van der Waals surface area contributed by atoms with Crippen LogP contribution in [0.15, 0.2) is 11.6 Å². The molecule has 5 rings (SSSR count). The van der Waals surface area contributed by atoms with E-state index in [1.54, 1.807) is 0 Å². The number of rotatable bonds is 1. The van der Waals surface area contributed by atoms with Gasteiger partial charge in [0.05, 0.1) is 18.3 Å². The molecule has 12 atom stereocenters. The van der Waals surface area contributed by atoms with Crippen molar-refractivity contribution >= 4 is 0 Å². The van der Waals surface area contributed by atoms with Crippen LogP contribution in [0.3, 0.4) is 0 Å². The van der Waals surface area contributed by atoms with Gasteiger partial charge in [0.1, 0.15) is 0 Å². The Hall–Kier alpha value is -0.380. The largest absolute Gasteiger partial charge is 0.393 e. The smallest absolute Gasteiger partial charge is 0.0835 e. The van der Waals surface area contributed by atoms with Crippen molar-refractivity contribution in [3.8, 4) is 0 Å². The number of aliphatic hydroxyl groups excluding tert-OH is 2. The summed E-state index contributed by atoms with van der Waals surface area (Å²) in [5, 5.41) is 22.9. The maximum Gasteiger partial charge on any atom is 0.0835 e. The number of hydrogen-bond acceptors (Lipinski definition) is 3. The lowest BCUT2D eigenvalue weighted by molar-refractivity contribution is -0.277. The minimum atomic E-state index is -0.346. The highest BCUT2D eigenvalue weighted by atomic mass is 16.5. The summed E-state index contributed by atoms with van der Waals surface area (Å²) in [5.74, 6) is 2.78. The highest BCUT2D eigenvalue weighted by Gasteiger charge is 2.72. The molecule has 0 aromatic rings. The fourth-order valence-corrected chi connectivity index (χ4v) is 11.6. The molecule has 5 aliphatic carbocycles. The van der Waals surface area contributed by atoms with Crippen LogP contribution >= 0.6 is 0 Å². The first-order chi connectivity index (χ1) is 15.7. The molecule has 0 bridgehead atoms. The zero-order valence-corrected chi connectivity index (χ0v) is 23.4. The van der Waals surface area contributed by atoms with Crippen LogP contribution < -0.4 is 0 Å². The molecule has 194 valence electrons. The maximum atomic E-state index is 12.0. The average Bonchev–Trinajstić information content (AvgIpc) is 2.75. The molecule has 0 spiro atoms. The van der Waals surface area contributed by atoms with Gasteiger partial charge in [-0.05, 0) is 103 Å². The van der Waals surface area contributed by atoms with E-state index in [2.05, 4.69) is 61.5 Å². The van der Waals surface area contributed by atoms with E-state index in [1.165, 1.54) is 31.3 Å². The Labute approximate surface area is 209 Å². The van der Waals surface area contributed by atoms with E-state index in [4.69, 9.17) is 4.74 Å². The van der Waals surface area contributed by atoms with Crippen LogP contribution in [0.5, 0.6) is 0 Å². The lowest BCUT2D eigenvalue weighted by Gasteiger charge is -2.74. The molecular weight excluding hydrogens is 420 g/mol. The summed E-state index contributed by atoms with van der Waals surface area (Å²) in [7, 11) is 1.83. The number of fused-ring (bicyclic) bond motifs is 7. The summed E-state index contributed by atoms with van der Waals surface area (Å²) in [6, 6.07) is 0. The Bertz CT molecular complexity index is 863. The first-order valence-electron chi connectivity index (χ1n) is 14.3. The van der Waals surface area contributed by atoms with Crippen LogP contribution in [-0.2, 0) is 4.74 Å². The molecule has 3 heteroatoms. The molecule has 4 saturated carbocycles. The van der Waals surface area contributed by atoms with E-state index < -0.39 is 0 Å². The maximum absolute atomic E-state index is 12.0. The van der Waals surface area contributed by atoms with Gasteiger partial charge in [0.2, 0.25) is 0 Å². The molecule has 34 heavy (non-hydrogen) atoms. The molecule has 0 saturated heterocycles. The van der Waals surface area contributed by atoms with Crippen molar-refractivity contribution in [1.82, 2.24) is 0 Å². The summed E-state index contributed by atoms with van der Waals surface area (Å²) >= 11 is 0. The van der Waals surface area contributed by atoms with Crippen molar-refractivity contribution in [2.24, 2.45) is 56.7 Å². The van der Waals surface area contributed by atoms with Gasteiger partial charge in [0, 0.05) is 12.5 Å². The van der Waals surface area contributed by atoms with Crippen molar-refractivity contribution < 1.29 is 14.9 Å². The SMILES string of the molecule is CO[C@H]1C=C(C)[C@@H](C)[C@@H]2[C@H]3CC[C@@H]4[C@@]5(C)CC[C@H](O)C(C)(C)[C@@H]5CC[C@@]4(C)[C@]3(C)C[C@H](O)[C@]21C. The molecule has 0 amide bonds. The zero-order valence-electron chi connectivity index (χ0n) is 23.4. The zero-order chi connectivity index (χ0) is 25.1. The molecule has 0 aliphatic heterocycles. The quantitative estimate of drug-likeness (QED) is 0.422. The second-order valence-electron chi connectivity index (χ2n) is 15.0. The summed E-state index contributed by atoms with van der Waals surface area (Å²) in [6.45, 7) is 19.4. The van der Waals surface area contributed by atoms with Crippen LogP contribution in [0.1, 0.15) is 100 Å². The third-order valence-corrected chi connectivity index (χ3v) is 13.9. The summed E-state index contributed by atoms with van der Waals surface area (Å²) in [6.07, 6.45) is 9.76. The average molecular weight is 473 g/mol. The fourth-order valence-electron chi connectivity index (χ4n) is 11.6. The van der Waals surface area contributed by atoms with E-state index in [9.17, 15) is 10.2 Å². The van der Waals surface area contributed by atoms with Crippen LogP contribution in [0, 0.1) is 56.7 Å². The van der Waals surface area contributed by atoms with Gasteiger partial charge in [-0.25, -0.2) is 0 Å². The van der Waals surface area contributed by atoms with Gasteiger partial charge in [-0.2, -0.15) is 0 Å². The van der Waals surface area contributed by atoms with Gasteiger partial charge < -0.3 is 14.9 Å². The van der Waals surface area contributed by atoms with Crippen molar-refractivity contribution in [1.29, 1.82) is 0 Å².